The van der Waals surface area contributed by atoms with Gasteiger partial charge in [0.1, 0.15) is 0 Å². The van der Waals surface area contributed by atoms with E-state index in [-0.39, 0.29) is 0 Å². The number of ether oxygens (including phenoxy) is 1. The van der Waals surface area contributed by atoms with Crippen LogP contribution in [0.5, 0.6) is 0 Å². The molecule has 2 heteroatoms. The van der Waals surface area contributed by atoms with E-state index in [0.717, 1.165) is 19.4 Å². The van der Waals surface area contributed by atoms with Crippen molar-refractivity contribution in [2.45, 2.75) is 45.1 Å². The molecule has 2 nitrogen and oxygen atoms in total. The number of nitrogens with zero attached hydrogens (tertiary/aromatic N) is 1. The van der Waals surface area contributed by atoms with Gasteiger partial charge in [0.25, 0.3) is 0 Å². The second-order valence-corrected chi connectivity index (χ2v) is 4.29. The first kappa shape index (κ1) is 9.91. The fourth-order valence-corrected chi connectivity index (χ4v) is 2.29. The zero-order valence-corrected chi connectivity index (χ0v) is 8.91. The second-order valence-electron chi connectivity index (χ2n) is 4.29. The smallest absolute Gasteiger partial charge is 0.0578 e. The zero-order chi connectivity index (χ0) is 9.80. The molecule has 2 aliphatic rings. The van der Waals surface area contributed by atoms with Crippen molar-refractivity contribution in [2.75, 3.05) is 6.61 Å². The van der Waals surface area contributed by atoms with E-state index < -0.39 is 0 Å². The van der Waals surface area contributed by atoms with Crippen LogP contribution < -0.4 is 0 Å². The van der Waals surface area contributed by atoms with Gasteiger partial charge in [0.2, 0.25) is 0 Å². The first-order valence-electron chi connectivity index (χ1n) is 5.71. The summed E-state index contributed by atoms with van der Waals surface area (Å²) >= 11 is 0. The van der Waals surface area contributed by atoms with Crippen molar-refractivity contribution in [3.63, 3.8) is 0 Å². The van der Waals surface area contributed by atoms with Crippen LogP contribution in [0.25, 0.3) is 0 Å². The summed E-state index contributed by atoms with van der Waals surface area (Å²) in [5, 5.41) is 0. The molecule has 2 aliphatic heterocycles. The predicted molar refractivity (Wildman–Crippen MR) is 58.6 cm³/mol. The molecule has 0 saturated carbocycles. The van der Waals surface area contributed by atoms with Crippen molar-refractivity contribution in [1.82, 2.24) is 0 Å². The molecule has 2 rings (SSSR count). The van der Waals surface area contributed by atoms with Crippen LogP contribution in [0.1, 0.15) is 39.0 Å². The largest absolute Gasteiger partial charge is 0.378 e. The first-order valence-corrected chi connectivity index (χ1v) is 5.71. The van der Waals surface area contributed by atoms with E-state index in [2.05, 4.69) is 18.0 Å². The Morgan fingerprint density at radius 1 is 1.57 bits per heavy atom. The van der Waals surface area contributed by atoms with Gasteiger partial charge in [-0.15, -0.1) is 0 Å². The quantitative estimate of drug-likeness (QED) is 0.672. The summed E-state index contributed by atoms with van der Waals surface area (Å²) in [5.74, 6) is 0.716. The highest BCUT2D eigenvalue weighted by molar-refractivity contribution is 5.64. The van der Waals surface area contributed by atoms with E-state index in [1.165, 1.54) is 25.0 Å². The third-order valence-corrected chi connectivity index (χ3v) is 2.99. The van der Waals surface area contributed by atoms with Crippen molar-refractivity contribution >= 4 is 6.21 Å². The van der Waals surface area contributed by atoms with Crippen molar-refractivity contribution in [2.24, 2.45) is 10.9 Å². The predicted octanol–water partition coefficient (Wildman–Crippen LogP) is 2.94. The molecule has 0 unspecified atom stereocenters. The van der Waals surface area contributed by atoms with E-state index in [0.29, 0.717) is 12.0 Å². The topological polar surface area (TPSA) is 21.6 Å². The van der Waals surface area contributed by atoms with Crippen LogP contribution in [0, 0.1) is 5.92 Å². The van der Waals surface area contributed by atoms with E-state index in [1.54, 1.807) is 0 Å². The molecule has 2 heterocycles. The summed E-state index contributed by atoms with van der Waals surface area (Å²) in [4.78, 5) is 4.35. The van der Waals surface area contributed by atoms with Crippen LogP contribution >= 0.6 is 0 Å². The minimum atomic E-state index is 0.524. The fraction of sp³-hybridized carbons (Fsp3) is 0.750. The number of hydrogen-bond acceptors (Lipinski definition) is 2. The van der Waals surface area contributed by atoms with Crippen LogP contribution in [-0.4, -0.2) is 18.9 Å². The maximum absolute atomic E-state index is 5.74. The van der Waals surface area contributed by atoms with Crippen LogP contribution in [0.2, 0.25) is 0 Å². The van der Waals surface area contributed by atoms with Crippen molar-refractivity contribution < 1.29 is 4.74 Å². The first-order chi connectivity index (χ1) is 6.88. The van der Waals surface area contributed by atoms with Gasteiger partial charge < -0.3 is 4.74 Å². The third-order valence-electron chi connectivity index (χ3n) is 2.99. The van der Waals surface area contributed by atoms with Crippen molar-refractivity contribution in [1.29, 1.82) is 0 Å². The standard InChI is InChI=1S/C12H19NO/c1-2-4-12-8-10(9-14-12)7-11-5-3-6-13-11/h5-6,10,12H,2-4,7-9H2,1H3/t10-,12+/m1/s1. The van der Waals surface area contributed by atoms with Crippen LogP contribution in [0.15, 0.2) is 16.8 Å². The molecule has 0 amide bonds. The van der Waals surface area contributed by atoms with E-state index in [9.17, 15) is 0 Å². The molecule has 1 fully saturated rings. The van der Waals surface area contributed by atoms with Gasteiger partial charge in [-0.05, 0) is 25.2 Å². The lowest BCUT2D eigenvalue weighted by molar-refractivity contribution is 0.0995. The lowest BCUT2D eigenvalue weighted by Crippen LogP contribution is -2.03. The maximum atomic E-state index is 5.74. The summed E-state index contributed by atoms with van der Waals surface area (Å²) in [6.45, 7) is 3.16. The molecule has 0 spiro atoms. The second kappa shape index (κ2) is 4.74. The Bertz CT molecular complexity index is 245. The third kappa shape index (κ3) is 2.44. The molecule has 0 aromatic carbocycles. The molecule has 2 atom stereocenters. The van der Waals surface area contributed by atoms with Crippen molar-refractivity contribution in [3.8, 4) is 0 Å². The van der Waals surface area contributed by atoms with Gasteiger partial charge in [0.15, 0.2) is 0 Å². The van der Waals surface area contributed by atoms with Crippen LogP contribution in [0.4, 0.5) is 0 Å². The van der Waals surface area contributed by atoms with E-state index >= 15 is 0 Å². The zero-order valence-electron chi connectivity index (χ0n) is 8.91. The van der Waals surface area contributed by atoms with Gasteiger partial charge in [-0.2, -0.15) is 0 Å². The van der Waals surface area contributed by atoms with Gasteiger partial charge in [-0.25, -0.2) is 0 Å². The lowest BCUT2D eigenvalue weighted by Gasteiger charge is -2.07. The molecular weight excluding hydrogens is 174 g/mol. The monoisotopic (exact) mass is 193 g/mol. The van der Waals surface area contributed by atoms with Crippen LogP contribution in [-0.2, 0) is 4.74 Å². The molecule has 0 radical (unpaired) electrons. The Labute approximate surface area is 86.1 Å². The Balaban J connectivity index is 1.75. The highest BCUT2D eigenvalue weighted by Gasteiger charge is 2.25. The molecule has 78 valence electrons. The summed E-state index contributed by atoms with van der Waals surface area (Å²) in [6.07, 6.45) is 10.6. The molecule has 0 aliphatic carbocycles. The highest BCUT2D eigenvalue weighted by Crippen LogP contribution is 2.29. The summed E-state index contributed by atoms with van der Waals surface area (Å²) in [5.41, 5.74) is 1.27. The average Bonchev–Trinajstić information content (AvgIpc) is 2.79. The molecule has 0 aromatic heterocycles. The normalized spacial score (nSPS) is 31.1. The summed E-state index contributed by atoms with van der Waals surface area (Å²) < 4.78 is 5.74. The SMILES string of the molecule is CCC[C@H]1C[C@@H](CC2=CCC=N2)CO1. The molecule has 1 saturated heterocycles. The highest BCUT2D eigenvalue weighted by atomic mass is 16.5. The number of aliphatic imine (C=N–C) groups is 1. The molecular formula is C12H19NO. The van der Waals surface area contributed by atoms with E-state index in [1.807, 2.05) is 6.21 Å². The molecule has 14 heavy (non-hydrogen) atoms. The van der Waals surface area contributed by atoms with Gasteiger partial charge in [-0.1, -0.05) is 19.4 Å². The van der Waals surface area contributed by atoms with Crippen LogP contribution in [0.3, 0.4) is 0 Å². The number of rotatable bonds is 4. The average molecular weight is 193 g/mol. The molecule has 0 N–H and O–H groups in total. The van der Waals surface area contributed by atoms with Gasteiger partial charge in [-0.3, -0.25) is 4.99 Å². The van der Waals surface area contributed by atoms with Gasteiger partial charge in [0, 0.05) is 18.3 Å². The van der Waals surface area contributed by atoms with Crippen molar-refractivity contribution in [3.05, 3.63) is 11.8 Å². The summed E-state index contributed by atoms with van der Waals surface area (Å²) in [7, 11) is 0. The number of hydrogen-bond donors (Lipinski definition) is 0. The Morgan fingerprint density at radius 3 is 3.21 bits per heavy atom. The minimum Gasteiger partial charge on any atom is -0.378 e. The summed E-state index contributed by atoms with van der Waals surface area (Å²) in [6, 6.07) is 0. The van der Waals surface area contributed by atoms with Gasteiger partial charge in [0.05, 0.1) is 12.7 Å². The fourth-order valence-electron chi connectivity index (χ4n) is 2.29. The van der Waals surface area contributed by atoms with Gasteiger partial charge >= 0.3 is 0 Å². The lowest BCUT2D eigenvalue weighted by atomic mass is 9.98. The van der Waals surface area contributed by atoms with E-state index in [4.69, 9.17) is 4.74 Å². The Hall–Kier alpha value is -0.630. The maximum Gasteiger partial charge on any atom is 0.0578 e. The Morgan fingerprint density at radius 2 is 2.50 bits per heavy atom. The molecule has 0 bridgehead atoms. The molecule has 0 aromatic rings. The minimum absolute atomic E-state index is 0.524. The number of allylic oxidation sites excluding steroid dienone is 2. The Kier molecular flexibility index (Phi) is 3.35.